The van der Waals surface area contributed by atoms with Crippen molar-refractivity contribution in [3.8, 4) is 0 Å². The second-order valence-corrected chi connectivity index (χ2v) is 7.61. The standard InChI is InChI=1S/C14H22FN3O3/c1-12(2,3)4-8(9(16)19)17-10(20)11(21)18-14-5-13(15,6-14)7-14/h8H,4-7H2,1-3H3,(H2,16,19)(H,17,20)(H,18,21)/t8-,13?,14?/m0/s1. The summed E-state index contributed by atoms with van der Waals surface area (Å²) in [5, 5.41) is 4.90. The molecular weight excluding hydrogens is 277 g/mol. The number of hydrogen-bond acceptors (Lipinski definition) is 3. The molecule has 1 atom stereocenters. The molecule has 0 radical (unpaired) electrons. The molecule has 118 valence electrons. The lowest BCUT2D eigenvalue weighted by Crippen LogP contribution is -2.77. The molecule has 0 spiro atoms. The molecule has 6 nitrogen and oxygen atoms in total. The van der Waals surface area contributed by atoms with Gasteiger partial charge >= 0.3 is 11.8 Å². The molecule has 0 aromatic heterocycles. The fraction of sp³-hybridized carbons (Fsp3) is 0.786. The molecule has 21 heavy (non-hydrogen) atoms. The maximum absolute atomic E-state index is 13.4. The van der Waals surface area contributed by atoms with Crippen LogP contribution in [0, 0.1) is 5.41 Å². The number of rotatable bonds is 4. The first-order valence-electron chi connectivity index (χ1n) is 7.05. The largest absolute Gasteiger partial charge is 0.368 e. The van der Waals surface area contributed by atoms with E-state index in [1.54, 1.807) is 0 Å². The summed E-state index contributed by atoms with van der Waals surface area (Å²) < 4.78 is 13.4. The summed E-state index contributed by atoms with van der Waals surface area (Å²) in [5.41, 5.74) is 3.32. The highest BCUT2D eigenvalue weighted by molar-refractivity contribution is 6.35. The number of amides is 3. The highest BCUT2D eigenvalue weighted by atomic mass is 19.1. The van der Waals surface area contributed by atoms with Crippen LogP contribution in [0.4, 0.5) is 4.39 Å². The lowest BCUT2D eigenvalue weighted by atomic mass is 9.47. The summed E-state index contributed by atoms with van der Waals surface area (Å²) in [6.07, 6.45) is 1.13. The summed E-state index contributed by atoms with van der Waals surface area (Å²) in [6.45, 7) is 5.70. The second kappa shape index (κ2) is 4.68. The van der Waals surface area contributed by atoms with Crippen molar-refractivity contribution in [1.82, 2.24) is 10.6 Å². The fourth-order valence-corrected chi connectivity index (χ4v) is 3.15. The van der Waals surface area contributed by atoms with E-state index in [9.17, 15) is 18.8 Å². The predicted octanol–water partition coefficient (Wildman–Crippen LogP) is 0.154. The van der Waals surface area contributed by atoms with Gasteiger partial charge in [0.25, 0.3) is 0 Å². The third-order valence-corrected chi connectivity index (χ3v) is 4.02. The Morgan fingerprint density at radius 2 is 1.71 bits per heavy atom. The second-order valence-electron chi connectivity index (χ2n) is 7.61. The Hall–Kier alpha value is -1.66. The minimum atomic E-state index is -1.15. The van der Waals surface area contributed by atoms with Crippen LogP contribution >= 0.6 is 0 Å². The van der Waals surface area contributed by atoms with Crippen molar-refractivity contribution in [3.63, 3.8) is 0 Å². The Labute approximate surface area is 123 Å². The van der Waals surface area contributed by atoms with E-state index in [4.69, 9.17) is 5.73 Å². The molecule has 3 saturated carbocycles. The van der Waals surface area contributed by atoms with Crippen LogP contribution < -0.4 is 16.4 Å². The van der Waals surface area contributed by atoms with Crippen molar-refractivity contribution in [1.29, 1.82) is 0 Å². The molecule has 3 aliphatic carbocycles. The molecule has 0 aliphatic heterocycles. The van der Waals surface area contributed by atoms with Gasteiger partial charge in [0.2, 0.25) is 5.91 Å². The summed E-state index contributed by atoms with van der Waals surface area (Å²) in [6, 6.07) is -0.899. The van der Waals surface area contributed by atoms with Crippen LogP contribution in [0.1, 0.15) is 46.5 Å². The molecular formula is C14H22FN3O3. The van der Waals surface area contributed by atoms with E-state index in [0.717, 1.165) is 0 Å². The van der Waals surface area contributed by atoms with E-state index in [2.05, 4.69) is 10.6 Å². The van der Waals surface area contributed by atoms with Crippen molar-refractivity contribution in [2.45, 2.75) is 63.7 Å². The summed E-state index contributed by atoms with van der Waals surface area (Å²) in [7, 11) is 0. The van der Waals surface area contributed by atoms with Gasteiger partial charge in [-0.1, -0.05) is 20.8 Å². The Morgan fingerprint density at radius 3 is 2.10 bits per heavy atom. The van der Waals surface area contributed by atoms with Gasteiger partial charge in [-0.25, -0.2) is 4.39 Å². The van der Waals surface area contributed by atoms with Crippen LogP contribution in [0.25, 0.3) is 0 Å². The molecule has 3 aliphatic rings. The van der Waals surface area contributed by atoms with E-state index in [1.807, 2.05) is 20.8 Å². The third kappa shape index (κ3) is 3.33. The van der Waals surface area contributed by atoms with Crippen molar-refractivity contribution >= 4 is 17.7 Å². The Bertz CT molecular complexity index is 478. The first-order chi connectivity index (χ1) is 9.44. The number of carbonyl (C=O) groups is 3. The van der Waals surface area contributed by atoms with Crippen LogP contribution in [0.2, 0.25) is 0 Å². The lowest BCUT2D eigenvalue weighted by Gasteiger charge is -2.65. The number of nitrogens with one attached hydrogen (secondary N) is 2. The maximum atomic E-state index is 13.4. The highest BCUT2D eigenvalue weighted by Crippen LogP contribution is 2.62. The molecule has 0 heterocycles. The first kappa shape index (κ1) is 15.7. The highest BCUT2D eigenvalue weighted by Gasteiger charge is 2.70. The normalized spacial score (nSPS) is 31.4. The number of hydrogen-bond donors (Lipinski definition) is 3. The van der Waals surface area contributed by atoms with Crippen molar-refractivity contribution in [2.75, 3.05) is 0 Å². The maximum Gasteiger partial charge on any atom is 0.309 e. The van der Waals surface area contributed by atoms with E-state index >= 15 is 0 Å². The van der Waals surface area contributed by atoms with Crippen LogP contribution in [0.15, 0.2) is 0 Å². The van der Waals surface area contributed by atoms with Gasteiger partial charge in [-0.3, -0.25) is 14.4 Å². The van der Waals surface area contributed by atoms with Gasteiger partial charge in [0.1, 0.15) is 11.7 Å². The molecule has 3 rings (SSSR count). The van der Waals surface area contributed by atoms with E-state index in [-0.39, 0.29) is 24.7 Å². The van der Waals surface area contributed by atoms with Gasteiger partial charge in [0.05, 0.1) is 0 Å². The van der Waals surface area contributed by atoms with Crippen molar-refractivity contribution in [2.24, 2.45) is 11.1 Å². The fourth-order valence-electron chi connectivity index (χ4n) is 3.15. The quantitative estimate of drug-likeness (QED) is 0.644. The van der Waals surface area contributed by atoms with Crippen LogP contribution in [0.5, 0.6) is 0 Å². The average molecular weight is 299 g/mol. The topological polar surface area (TPSA) is 101 Å². The number of alkyl halides is 1. The van der Waals surface area contributed by atoms with Gasteiger partial charge in [-0.05, 0) is 11.8 Å². The van der Waals surface area contributed by atoms with E-state index < -0.39 is 35.0 Å². The molecule has 0 unspecified atom stereocenters. The minimum Gasteiger partial charge on any atom is -0.368 e. The van der Waals surface area contributed by atoms with Crippen LogP contribution in [-0.2, 0) is 14.4 Å². The molecule has 0 aromatic carbocycles. The third-order valence-electron chi connectivity index (χ3n) is 4.02. The molecule has 0 aromatic rings. The van der Waals surface area contributed by atoms with Crippen molar-refractivity contribution in [3.05, 3.63) is 0 Å². The van der Waals surface area contributed by atoms with Crippen molar-refractivity contribution < 1.29 is 18.8 Å². The van der Waals surface area contributed by atoms with Gasteiger partial charge in [0, 0.05) is 24.8 Å². The number of nitrogens with two attached hydrogens (primary N) is 1. The van der Waals surface area contributed by atoms with E-state index in [0.29, 0.717) is 6.42 Å². The number of carbonyl (C=O) groups excluding carboxylic acids is 3. The molecule has 4 N–H and O–H groups in total. The first-order valence-corrected chi connectivity index (χ1v) is 7.05. The summed E-state index contributed by atoms with van der Waals surface area (Å²) >= 11 is 0. The number of primary amides is 1. The lowest BCUT2D eigenvalue weighted by molar-refractivity contribution is -0.177. The Kier molecular flexibility index (Phi) is 3.50. The van der Waals surface area contributed by atoms with Gasteiger partial charge < -0.3 is 16.4 Å². The van der Waals surface area contributed by atoms with Gasteiger partial charge in [0.15, 0.2) is 0 Å². The smallest absolute Gasteiger partial charge is 0.309 e. The molecule has 3 amide bonds. The summed E-state index contributed by atoms with van der Waals surface area (Å²) in [5.74, 6) is -2.42. The Balaban J connectivity index is 1.87. The minimum absolute atomic E-state index is 0.224. The zero-order valence-electron chi connectivity index (χ0n) is 12.6. The average Bonchev–Trinajstić information content (AvgIpc) is 2.22. The molecule has 2 bridgehead atoms. The number of halogens is 1. The predicted molar refractivity (Wildman–Crippen MR) is 73.8 cm³/mol. The molecule has 3 fully saturated rings. The summed E-state index contributed by atoms with van der Waals surface area (Å²) in [4.78, 5) is 35.0. The zero-order chi connectivity index (χ0) is 16.1. The molecule has 0 saturated heterocycles. The SMILES string of the molecule is CC(C)(C)C[C@H](NC(=O)C(=O)NC12CC(F)(C1)C2)C(N)=O. The van der Waals surface area contributed by atoms with Crippen LogP contribution in [-0.4, -0.2) is 35.0 Å². The van der Waals surface area contributed by atoms with Crippen LogP contribution in [0.3, 0.4) is 0 Å². The van der Waals surface area contributed by atoms with E-state index in [1.165, 1.54) is 0 Å². The van der Waals surface area contributed by atoms with Gasteiger partial charge in [-0.15, -0.1) is 0 Å². The Morgan fingerprint density at radius 1 is 1.19 bits per heavy atom. The van der Waals surface area contributed by atoms with Gasteiger partial charge in [-0.2, -0.15) is 0 Å². The monoisotopic (exact) mass is 299 g/mol. The zero-order valence-corrected chi connectivity index (χ0v) is 12.6. The molecule has 7 heteroatoms.